The number of fused-ring (bicyclic) bond motifs is 1. The average molecular weight is 369 g/mol. The highest BCUT2D eigenvalue weighted by atomic mass is 32.1. The van der Waals surface area contributed by atoms with E-state index in [1.807, 2.05) is 40.8 Å². The third-order valence-electron chi connectivity index (χ3n) is 5.12. The van der Waals surface area contributed by atoms with Crippen molar-refractivity contribution in [2.24, 2.45) is 0 Å². The molecule has 4 rings (SSSR count). The molecule has 1 unspecified atom stereocenters. The van der Waals surface area contributed by atoms with E-state index in [9.17, 15) is 4.79 Å². The first-order chi connectivity index (χ1) is 12.6. The maximum atomic E-state index is 12.8. The number of pyridine rings is 1. The molecule has 0 saturated carbocycles. The molecule has 0 aromatic carbocycles. The summed E-state index contributed by atoms with van der Waals surface area (Å²) in [5.74, 6) is 0.546. The Balaban J connectivity index is 1.45. The molecule has 4 heterocycles. The molecule has 0 radical (unpaired) electrons. The van der Waals surface area contributed by atoms with E-state index in [1.54, 1.807) is 11.3 Å². The van der Waals surface area contributed by atoms with Gasteiger partial charge >= 0.3 is 0 Å². The number of likely N-dealkylation sites (tertiary alicyclic amines) is 1. The fourth-order valence-corrected chi connectivity index (χ4v) is 4.67. The van der Waals surface area contributed by atoms with E-state index in [4.69, 9.17) is 4.98 Å². The van der Waals surface area contributed by atoms with Crippen molar-refractivity contribution < 1.29 is 4.79 Å². The van der Waals surface area contributed by atoms with Crippen molar-refractivity contribution >= 4 is 22.9 Å². The van der Waals surface area contributed by atoms with Crippen LogP contribution in [-0.4, -0.2) is 38.3 Å². The summed E-state index contributed by atoms with van der Waals surface area (Å²) < 4.78 is 2.00. The van der Waals surface area contributed by atoms with Gasteiger partial charge in [0.2, 0.25) is 5.91 Å². The van der Waals surface area contributed by atoms with E-state index < -0.39 is 0 Å². The first-order valence-corrected chi connectivity index (χ1v) is 10.2. The number of hydrogen-bond acceptors (Lipinski definition) is 4. The summed E-state index contributed by atoms with van der Waals surface area (Å²) in [5.41, 5.74) is 4.06. The number of imidazole rings is 1. The van der Waals surface area contributed by atoms with Crippen LogP contribution >= 0.6 is 11.3 Å². The van der Waals surface area contributed by atoms with E-state index >= 15 is 0 Å². The second kappa shape index (κ2) is 7.19. The summed E-state index contributed by atoms with van der Waals surface area (Å²) in [7, 11) is 0. The number of aryl methyl sites for hydroxylation is 2. The average Bonchev–Trinajstić information content (AvgIpc) is 3.29. The smallest absolute Gasteiger partial charge is 0.228 e. The third-order valence-corrected chi connectivity index (χ3v) is 6.17. The van der Waals surface area contributed by atoms with E-state index in [1.165, 1.54) is 5.01 Å². The van der Waals surface area contributed by atoms with Crippen LogP contribution in [-0.2, 0) is 17.6 Å². The minimum absolute atomic E-state index is 0.169. The molecular formula is C20H24N4OS. The van der Waals surface area contributed by atoms with Gasteiger partial charge in [0.15, 0.2) is 0 Å². The lowest BCUT2D eigenvalue weighted by Gasteiger charge is -2.31. The Morgan fingerprint density at radius 2 is 2.23 bits per heavy atom. The maximum absolute atomic E-state index is 12.8. The number of nitrogens with zero attached hydrogens (tertiary/aromatic N) is 4. The molecule has 0 spiro atoms. The zero-order chi connectivity index (χ0) is 18.1. The summed E-state index contributed by atoms with van der Waals surface area (Å²) in [6.45, 7) is 5.80. The standard InChI is InChI=1S/C20H24N4OS/c1-3-16-13-26-20(22-16)15-7-5-8-23(11-15)18(25)10-17-12-24-9-4-6-14(2)19(24)21-17/h4,6,9,12-13,15H,3,5,7-8,10-11H2,1-2H3. The number of amides is 1. The molecule has 1 fully saturated rings. The Hall–Kier alpha value is -2.21. The van der Waals surface area contributed by atoms with Gasteiger partial charge in [0, 0.05) is 36.8 Å². The Morgan fingerprint density at radius 3 is 3.00 bits per heavy atom. The lowest BCUT2D eigenvalue weighted by Crippen LogP contribution is -2.40. The molecule has 1 aliphatic rings. The lowest BCUT2D eigenvalue weighted by molar-refractivity contribution is -0.131. The first-order valence-electron chi connectivity index (χ1n) is 9.29. The molecule has 0 N–H and O–H groups in total. The molecule has 0 bridgehead atoms. The van der Waals surface area contributed by atoms with Crippen LogP contribution in [0.15, 0.2) is 29.9 Å². The number of carbonyl (C=O) groups excluding carboxylic acids is 1. The van der Waals surface area contributed by atoms with Gasteiger partial charge in [-0.05, 0) is 37.8 Å². The molecule has 1 saturated heterocycles. The largest absolute Gasteiger partial charge is 0.342 e. The SMILES string of the molecule is CCc1csc(C2CCCN(C(=O)Cc3cn4cccc(C)c4n3)C2)n1. The van der Waals surface area contributed by atoms with Gasteiger partial charge in [0.1, 0.15) is 5.65 Å². The number of hydrogen-bond donors (Lipinski definition) is 0. The summed E-state index contributed by atoms with van der Waals surface area (Å²) in [6.07, 6.45) is 7.45. The van der Waals surface area contributed by atoms with E-state index in [2.05, 4.69) is 17.3 Å². The van der Waals surface area contributed by atoms with Crippen LogP contribution in [0.1, 0.15) is 47.6 Å². The maximum Gasteiger partial charge on any atom is 0.228 e. The number of rotatable bonds is 4. The lowest BCUT2D eigenvalue weighted by atomic mass is 9.98. The Kier molecular flexibility index (Phi) is 4.76. The second-order valence-electron chi connectivity index (χ2n) is 7.04. The van der Waals surface area contributed by atoms with Gasteiger partial charge in [-0.3, -0.25) is 4.79 Å². The van der Waals surface area contributed by atoms with Crippen LogP contribution in [0.25, 0.3) is 5.65 Å². The van der Waals surface area contributed by atoms with Gasteiger partial charge in [-0.15, -0.1) is 11.3 Å². The number of thiazole rings is 1. The number of carbonyl (C=O) groups is 1. The van der Waals surface area contributed by atoms with Gasteiger partial charge in [0.05, 0.1) is 22.8 Å². The first kappa shape index (κ1) is 17.2. The predicted molar refractivity (Wildman–Crippen MR) is 104 cm³/mol. The molecule has 6 heteroatoms. The van der Waals surface area contributed by atoms with Crippen molar-refractivity contribution in [3.8, 4) is 0 Å². The highest BCUT2D eigenvalue weighted by molar-refractivity contribution is 7.09. The van der Waals surface area contributed by atoms with Crippen molar-refractivity contribution in [2.45, 2.75) is 45.4 Å². The molecule has 136 valence electrons. The van der Waals surface area contributed by atoms with Gasteiger partial charge in [0.25, 0.3) is 0 Å². The van der Waals surface area contributed by atoms with Crippen LogP contribution in [0.5, 0.6) is 0 Å². The molecule has 1 aliphatic heterocycles. The normalized spacial score (nSPS) is 17.8. The van der Waals surface area contributed by atoms with Crippen molar-refractivity contribution in [3.05, 3.63) is 51.9 Å². The summed E-state index contributed by atoms with van der Waals surface area (Å²) in [6, 6.07) is 4.05. The Morgan fingerprint density at radius 1 is 1.35 bits per heavy atom. The number of piperidine rings is 1. The molecule has 1 atom stereocenters. The van der Waals surface area contributed by atoms with Gasteiger partial charge < -0.3 is 9.30 Å². The highest BCUT2D eigenvalue weighted by Crippen LogP contribution is 2.29. The van der Waals surface area contributed by atoms with Crippen LogP contribution in [0, 0.1) is 6.92 Å². The van der Waals surface area contributed by atoms with E-state index in [0.717, 1.165) is 55.0 Å². The summed E-state index contributed by atoms with van der Waals surface area (Å²) >= 11 is 1.74. The van der Waals surface area contributed by atoms with Gasteiger partial charge in [-0.1, -0.05) is 13.0 Å². The minimum atomic E-state index is 0.169. The van der Waals surface area contributed by atoms with E-state index in [-0.39, 0.29) is 5.91 Å². The molecular weight excluding hydrogens is 344 g/mol. The van der Waals surface area contributed by atoms with Crippen molar-refractivity contribution in [1.82, 2.24) is 19.3 Å². The Bertz CT molecular complexity index is 929. The monoisotopic (exact) mass is 368 g/mol. The van der Waals surface area contributed by atoms with Crippen LogP contribution in [0.3, 0.4) is 0 Å². The predicted octanol–water partition coefficient (Wildman–Crippen LogP) is 3.61. The molecule has 0 aliphatic carbocycles. The summed E-state index contributed by atoms with van der Waals surface area (Å²) in [4.78, 5) is 24.2. The molecule has 1 amide bonds. The molecule has 3 aromatic rings. The topological polar surface area (TPSA) is 50.5 Å². The van der Waals surface area contributed by atoms with E-state index in [0.29, 0.717) is 12.3 Å². The summed E-state index contributed by atoms with van der Waals surface area (Å²) in [5, 5.41) is 3.33. The van der Waals surface area contributed by atoms with Gasteiger partial charge in [-0.2, -0.15) is 0 Å². The van der Waals surface area contributed by atoms with Crippen LogP contribution in [0.4, 0.5) is 0 Å². The van der Waals surface area contributed by atoms with Gasteiger partial charge in [-0.25, -0.2) is 9.97 Å². The Labute approximate surface area is 157 Å². The zero-order valence-corrected chi connectivity index (χ0v) is 16.1. The molecule has 5 nitrogen and oxygen atoms in total. The highest BCUT2D eigenvalue weighted by Gasteiger charge is 2.27. The number of aromatic nitrogens is 3. The van der Waals surface area contributed by atoms with Crippen molar-refractivity contribution in [2.75, 3.05) is 13.1 Å². The quantitative estimate of drug-likeness (QED) is 0.707. The van der Waals surface area contributed by atoms with Crippen LogP contribution < -0.4 is 0 Å². The molecule has 3 aromatic heterocycles. The third kappa shape index (κ3) is 3.38. The van der Waals surface area contributed by atoms with Crippen LogP contribution in [0.2, 0.25) is 0 Å². The van der Waals surface area contributed by atoms with Crippen molar-refractivity contribution in [1.29, 1.82) is 0 Å². The fraction of sp³-hybridized carbons (Fsp3) is 0.450. The molecule has 26 heavy (non-hydrogen) atoms. The van der Waals surface area contributed by atoms with Crippen molar-refractivity contribution in [3.63, 3.8) is 0 Å². The minimum Gasteiger partial charge on any atom is -0.342 e. The zero-order valence-electron chi connectivity index (χ0n) is 15.3. The second-order valence-corrected chi connectivity index (χ2v) is 7.93. The fourth-order valence-electron chi connectivity index (χ4n) is 3.63.